The normalized spacial score (nSPS) is 22.2. The lowest BCUT2D eigenvalue weighted by Gasteiger charge is -2.44. The topological polar surface area (TPSA) is 40.6 Å². The van der Waals surface area contributed by atoms with Gasteiger partial charge in [-0.05, 0) is 38.3 Å². The minimum Gasteiger partial charge on any atom is -0.306 e. The average Bonchev–Trinajstić information content (AvgIpc) is 2.57. The number of anilines is 2. The summed E-state index contributed by atoms with van der Waals surface area (Å²) in [6, 6.07) is 7.74. The van der Waals surface area contributed by atoms with Gasteiger partial charge >= 0.3 is 0 Å². The molecule has 1 saturated carbocycles. The minimum absolute atomic E-state index is 0.0455. The Labute approximate surface area is 138 Å². The fraction of sp³-hybridized carbons (Fsp3) is 0.579. The van der Waals surface area contributed by atoms with Crippen LogP contribution >= 0.6 is 0 Å². The molecule has 1 aromatic carbocycles. The van der Waals surface area contributed by atoms with Crippen molar-refractivity contribution in [2.45, 2.75) is 70.9 Å². The Kier molecular flexibility index (Phi) is 4.69. The number of amides is 2. The maximum absolute atomic E-state index is 13.0. The molecular formula is C19H26N2O2. The summed E-state index contributed by atoms with van der Waals surface area (Å²) < 4.78 is 0. The van der Waals surface area contributed by atoms with Crippen LogP contribution in [0, 0.1) is 0 Å². The molecule has 0 bridgehead atoms. The summed E-state index contributed by atoms with van der Waals surface area (Å²) in [7, 11) is 0. The molecule has 0 spiro atoms. The van der Waals surface area contributed by atoms with E-state index in [0.717, 1.165) is 30.6 Å². The molecule has 2 aliphatic rings. The van der Waals surface area contributed by atoms with Gasteiger partial charge in [0.1, 0.15) is 6.04 Å². The van der Waals surface area contributed by atoms with Gasteiger partial charge in [0.25, 0.3) is 0 Å². The summed E-state index contributed by atoms with van der Waals surface area (Å²) in [6.07, 6.45) is 7.04. The molecule has 0 N–H and O–H groups in total. The van der Waals surface area contributed by atoms with Crippen LogP contribution in [-0.2, 0) is 9.59 Å². The van der Waals surface area contributed by atoms with E-state index in [9.17, 15) is 9.59 Å². The molecule has 1 unspecified atom stereocenters. The smallest absolute Gasteiger partial charge is 0.250 e. The van der Waals surface area contributed by atoms with E-state index in [-0.39, 0.29) is 17.9 Å². The minimum atomic E-state index is -0.411. The van der Waals surface area contributed by atoms with Crippen molar-refractivity contribution in [3.8, 4) is 0 Å². The van der Waals surface area contributed by atoms with E-state index >= 15 is 0 Å². The summed E-state index contributed by atoms with van der Waals surface area (Å²) in [6.45, 7) is 3.86. The Bertz CT molecular complexity index is 593. The number of fused-ring (bicyclic) bond motifs is 1. The van der Waals surface area contributed by atoms with Gasteiger partial charge in [0.15, 0.2) is 0 Å². The lowest BCUT2D eigenvalue weighted by molar-refractivity contribution is -0.125. The average molecular weight is 314 g/mol. The van der Waals surface area contributed by atoms with Gasteiger partial charge in [-0.1, -0.05) is 38.3 Å². The molecule has 3 rings (SSSR count). The number of benzene rings is 1. The fourth-order valence-corrected chi connectivity index (χ4v) is 3.91. The Balaban J connectivity index is 2.01. The molecule has 1 aliphatic heterocycles. The molecule has 4 nitrogen and oxygen atoms in total. The molecule has 4 heteroatoms. The van der Waals surface area contributed by atoms with Crippen LogP contribution in [0.3, 0.4) is 0 Å². The van der Waals surface area contributed by atoms with Crippen molar-refractivity contribution in [1.82, 2.24) is 0 Å². The van der Waals surface area contributed by atoms with Gasteiger partial charge in [-0.3, -0.25) is 14.5 Å². The van der Waals surface area contributed by atoms with E-state index in [4.69, 9.17) is 0 Å². The van der Waals surface area contributed by atoms with Crippen molar-refractivity contribution in [3.05, 3.63) is 24.3 Å². The number of para-hydroxylation sites is 2. The number of nitrogens with zero attached hydrogens (tertiary/aromatic N) is 2. The van der Waals surface area contributed by atoms with Crippen molar-refractivity contribution < 1.29 is 9.59 Å². The maximum atomic E-state index is 13.0. The third kappa shape index (κ3) is 2.87. The molecule has 1 atom stereocenters. The number of carbonyl (C=O) groups excluding carboxylic acids is 2. The fourth-order valence-electron chi connectivity index (χ4n) is 3.91. The monoisotopic (exact) mass is 314 g/mol. The van der Waals surface area contributed by atoms with Gasteiger partial charge in [-0.15, -0.1) is 0 Å². The van der Waals surface area contributed by atoms with Gasteiger partial charge < -0.3 is 4.90 Å². The number of hydrogen-bond donors (Lipinski definition) is 0. The van der Waals surface area contributed by atoms with Crippen LogP contribution in [0.15, 0.2) is 24.3 Å². The molecule has 1 heterocycles. The molecular weight excluding hydrogens is 288 g/mol. The van der Waals surface area contributed by atoms with Crippen LogP contribution in [0.4, 0.5) is 11.4 Å². The molecule has 23 heavy (non-hydrogen) atoms. The third-order valence-corrected chi connectivity index (χ3v) is 5.06. The van der Waals surface area contributed by atoms with Gasteiger partial charge in [0.05, 0.1) is 11.4 Å². The maximum Gasteiger partial charge on any atom is 0.250 e. The van der Waals surface area contributed by atoms with Crippen LogP contribution in [0.25, 0.3) is 0 Å². The summed E-state index contributed by atoms with van der Waals surface area (Å²) in [4.78, 5) is 29.3. The zero-order chi connectivity index (χ0) is 16.4. The number of carbonyl (C=O) groups is 2. The second-order valence-corrected chi connectivity index (χ2v) is 6.68. The Hall–Kier alpha value is -1.84. The van der Waals surface area contributed by atoms with Crippen molar-refractivity contribution in [2.75, 3.05) is 9.80 Å². The lowest BCUT2D eigenvalue weighted by Crippen LogP contribution is -2.57. The number of rotatable bonds is 3. The highest BCUT2D eigenvalue weighted by Gasteiger charge is 2.41. The highest BCUT2D eigenvalue weighted by Crippen LogP contribution is 2.40. The van der Waals surface area contributed by atoms with Crippen LogP contribution in [-0.4, -0.2) is 23.9 Å². The lowest BCUT2D eigenvalue weighted by atomic mass is 9.92. The largest absolute Gasteiger partial charge is 0.306 e. The molecule has 1 aliphatic carbocycles. The third-order valence-electron chi connectivity index (χ3n) is 5.06. The van der Waals surface area contributed by atoms with Crippen LogP contribution in [0.5, 0.6) is 0 Å². The van der Waals surface area contributed by atoms with E-state index in [2.05, 4.69) is 0 Å². The van der Waals surface area contributed by atoms with Crippen molar-refractivity contribution in [1.29, 1.82) is 0 Å². The summed E-state index contributed by atoms with van der Waals surface area (Å²) in [5.74, 6) is 0.115. The molecule has 2 amide bonds. The van der Waals surface area contributed by atoms with Gasteiger partial charge in [0, 0.05) is 12.5 Å². The van der Waals surface area contributed by atoms with Gasteiger partial charge in [-0.25, -0.2) is 0 Å². The SMILES string of the molecule is CCCC(=O)N1c2ccccc2N(C2CCCCC2)C(=O)C1C. The Morgan fingerprint density at radius 2 is 1.78 bits per heavy atom. The van der Waals surface area contributed by atoms with Gasteiger partial charge in [0.2, 0.25) is 11.8 Å². The molecule has 1 fully saturated rings. The second kappa shape index (κ2) is 6.73. The Morgan fingerprint density at radius 3 is 2.43 bits per heavy atom. The summed E-state index contributed by atoms with van der Waals surface area (Å²) in [5.41, 5.74) is 1.80. The summed E-state index contributed by atoms with van der Waals surface area (Å²) >= 11 is 0. The predicted molar refractivity (Wildman–Crippen MR) is 92.7 cm³/mol. The van der Waals surface area contributed by atoms with Crippen LogP contribution in [0.2, 0.25) is 0 Å². The highest BCUT2D eigenvalue weighted by atomic mass is 16.2. The van der Waals surface area contributed by atoms with Crippen molar-refractivity contribution >= 4 is 23.2 Å². The quantitative estimate of drug-likeness (QED) is 0.849. The first kappa shape index (κ1) is 16.0. The first-order valence-electron chi connectivity index (χ1n) is 8.89. The molecule has 0 radical (unpaired) electrons. The van der Waals surface area contributed by atoms with Crippen molar-refractivity contribution in [3.63, 3.8) is 0 Å². The first-order chi connectivity index (χ1) is 11.1. The van der Waals surface area contributed by atoms with E-state index in [1.807, 2.05) is 43.0 Å². The molecule has 124 valence electrons. The van der Waals surface area contributed by atoms with E-state index in [1.165, 1.54) is 19.3 Å². The molecule has 0 aromatic heterocycles. The van der Waals surface area contributed by atoms with Crippen LogP contribution in [0.1, 0.15) is 58.8 Å². The van der Waals surface area contributed by atoms with Gasteiger partial charge in [-0.2, -0.15) is 0 Å². The van der Waals surface area contributed by atoms with Crippen molar-refractivity contribution in [2.24, 2.45) is 0 Å². The van der Waals surface area contributed by atoms with E-state index in [1.54, 1.807) is 4.90 Å². The summed E-state index contributed by atoms with van der Waals surface area (Å²) in [5, 5.41) is 0. The second-order valence-electron chi connectivity index (χ2n) is 6.68. The zero-order valence-electron chi connectivity index (χ0n) is 14.1. The van der Waals surface area contributed by atoms with E-state index < -0.39 is 6.04 Å². The first-order valence-corrected chi connectivity index (χ1v) is 8.89. The zero-order valence-corrected chi connectivity index (χ0v) is 14.1. The molecule has 1 aromatic rings. The molecule has 0 saturated heterocycles. The number of hydrogen-bond acceptors (Lipinski definition) is 2. The standard InChI is InChI=1S/C19H26N2O2/c1-3-9-18(22)20-14(2)19(23)21(15-10-5-4-6-11-15)17-13-8-7-12-16(17)20/h7-8,12-15H,3-6,9-11H2,1-2H3. The highest BCUT2D eigenvalue weighted by molar-refractivity contribution is 6.13. The predicted octanol–water partition coefficient (Wildman–Crippen LogP) is 3.89. The van der Waals surface area contributed by atoms with Crippen LogP contribution < -0.4 is 9.80 Å². The van der Waals surface area contributed by atoms with E-state index in [0.29, 0.717) is 6.42 Å². The Morgan fingerprint density at radius 1 is 1.13 bits per heavy atom.